The van der Waals surface area contributed by atoms with Crippen LogP contribution in [0.3, 0.4) is 0 Å². The summed E-state index contributed by atoms with van der Waals surface area (Å²) < 4.78 is 87.0. The van der Waals surface area contributed by atoms with Gasteiger partial charge in [0.15, 0.2) is 0 Å². The number of benzene rings is 1. The summed E-state index contributed by atoms with van der Waals surface area (Å²) in [6, 6.07) is -3.34. The fourth-order valence-electron chi connectivity index (χ4n) is 2.51. The third kappa shape index (κ3) is 3.48. The average Bonchev–Trinajstić information content (AvgIpc) is 2.61. The standard InChI is InChI=1S/C16H25NO2/c1-17(2)12-15(13-6-8-14(18)9-7-13)16(19)10-4-3-5-11-16/h6-9,15,18-19H,3-5,10-12H2,1-2H3/i1D3,2D3,6D,7D,8D,9D,15D. The number of aromatic hydroxyl groups is 1. The largest absolute Gasteiger partial charge is 0.508 e. The SMILES string of the molecule is [2H]c1c([2H])c(C([2H])(CN(C([2H])([2H])[2H])C([2H])([2H])[2H])C2(O)CCCCC2)c([2H])c([2H])c1O. The van der Waals surface area contributed by atoms with Gasteiger partial charge in [-0.25, -0.2) is 0 Å². The van der Waals surface area contributed by atoms with Crippen LogP contribution in [0.4, 0.5) is 0 Å². The van der Waals surface area contributed by atoms with E-state index in [-0.39, 0.29) is 17.7 Å². The highest BCUT2D eigenvalue weighted by molar-refractivity contribution is 5.30. The molecule has 1 aliphatic rings. The molecule has 0 aliphatic heterocycles. The number of rotatable bonds is 4. The first kappa shape index (κ1) is 5.74. The number of hydrogen-bond acceptors (Lipinski definition) is 3. The molecule has 0 bridgehead atoms. The topological polar surface area (TPSA) is 43.7 Å². The minimum absolute atomic E-state index is 0.00718. The molecule has 0 radical (unpaired) electrons. The normalized spacial score (nSPS) is 31.8. The van der Waals surface area contributed by atoms with E-state index in [0.717, 1.165) is 6.42 Å². The van der Waals surface area contributed by atoms with Crippen molar-refractivity contribution in [1.82, 2.24) is 4.90 Å². The van der Waals surface area contributed by atoms with E-state index in [9.17, 15) is 10.2 Å². The maximum absolute atomic E-state index is 11.4. The third-order valence-electron chi connectivity index (χ3n) is 3.47. The van der Waals surface area contributed by atoms with Gasteiger partial charge in [0, 0.05) is 22.0 Å². The second-order valence-corrected chi connectivity index (χ2v) is 4.88. The van der Waals surface area contributed by atoms with Gasteiger partial charge in [-0.05, 0) is 44.4 Å². The van der Waals surface area contributed by atoms with E-state index >= 15 is 0 Å². The number of phenolic OH excluding ortho intramolecular Hbond substituents is 1. The maximum Gasteiger partial charge on any atom is 0.115 e. The minimum Gasteiger partial charge on any atom is -0.508 e. The maximum atomic E-state index is 11.4. The molecule has 0 aromatic heterocycles. The highest BCUT2D eigenvalue weighted by Crippen LogP contribution is 2.40. The molecule has 1 aliphatic carbocycles. The number of phenols is 1. The zero-order chi connectivity index (χ0) is 23.3. The van der Waals surface area contributed by atoms with Gasteiger partial charge in [-0.15, -0.1) is 0 Å². The first-order valence-electron chi connectivity index (χ1n) is 11.8. The molecule has 0 saturated heterocycles. The lowest BCUT2D eigenvalue weighted by Gasteiger charge is -2.40. The minimum atomic E-state index is -3.18. The van der Waals surface area contributed by atoms with Crippen LogP contribution in [0, 0.1) is 0 Å². The summed E-state index contributed by atoms with van der Waals surface area (Å²) in [5.74, 6) is -3.47. The van der Waals surface area contributed by atoms with Crippen LogP contribution in [0.15, 0.2) is 24.2 Å². The molecular formula is C16H25NO2. The molecule has 1 aromatic carbocycles. The van der Waals surface area contributed by atoms with Crippen molar-refractivity contribution in [3.05, 3.63) is 29.7 Å². The van der Waals surface area contributed by atoms with Crippen LogP contribution in [0.25, 0.3) is 0 Å². The van der Waals surface area contributed by atoms with Crippen molar-refractivity contribution >= 4 is 0 Å². The number of likely N-dealkylation sites (N-methyl/N-ethyl adjacent to an activating group) is 1. The van der Waals surface area contributed by atoms with Crippen LogP contribution < -0.4 is 0 Å². The highest BCUT2D eigenvalue weighted by atomic mass is 16.3. The Morgan fingerprint density at radius 2 is 1.95 bits per heavy atom. The predicted octanol–water partition coefficient (Wildman–Crippen LogP) is 2.73. The predicted molar refractivity (Wildman–Crippen MR) is 77.4 cm³/mol. The molecule has 1 unspecified atom stereocenters. The summed E-state index contributed by atoms with van der Waals surface area (Å²) in [5.41, 5.74) is -2.64. The van der Waals surface area contributed by atoms with E-state index in [2.05, 4.69) is 0 Å². The molecule has 0 spiro atoms. The molecular weight excluding hydrogens is 238 g/mol. The van der Waals surface area contributed by atoms with Crippen molar-refractivity contribution in [1.29, 1.82) is 0 Å². The highest BCUT2D eigenvalue weighted by Gasteiger charge is 2.38. The van der Waals surface area contributed by atoms with Crippen molar-refractivity contribution in [3.63, 3.8) is 0 Å². The molecule has 0 amide bonds. The quantitative estimate of drug-likeness (QED) is 0.887. The van der Waals surface area contributed by atoms with Crippen LogP contribution in [0.1, 0.15) is 58.6 Å². The third-order valence-corrected chi connectivity index (χ3v) is 3.47. The number of hydrogen-bond donors (Lipinski definition) is 2. The van der Waals surface area contributed by atoms with Gasteiger partial charge in [0.1, 0.15) is 5.75 Å². The summed E-state index contributed by atoms with van der Waals surface area (Å²) in [7, 11) is 0. The second kappa shape index (κ2) is 5.93. The summed E-state index contributed by atoms with van der Waals surface area (Å²) >= 11 is 0. The van der Waals surface area contributed by atoms with Crippen LogP contribution in [0.5, 0.6) is 5.75 Å². The van der Waals surface area contributed by atoms with Crippen molar-refractivity contribution in [2.45, 2.75) is 43.6 Å². The lowest BCUT2D eigenvalue weighted by atomic mass is 9.72. The molecule has 3 heteroatoms. The molecule has 0 heterocycles. The van der Waals surface area contributed by atoms with Crippen LogP contribution >= 0.6 is 0 Å². The molecule has 2 rings (SSSR count). The Labute approximate surface area is 131 Å². The van der Waals surface area contributed by atoms with Gasteiger partial charge in [-0.3, -0.25) is 0 Å². The Morgan fingerprint density at radius 3 is 2.53 bits per heavy atom. The number of nitrogens with zero attached hydrogens (tertiary/aromatic N) is 1. The molecule has 1 atom stereocenters. The lowest BCUT2D eigenvalue weighted by Crippen LogP contribution is -2.42. The summed E-state index contributed by atoms with van der Waals surface area (Å²) in [4.78, 5) is 0.0819. The molecule has 1 aromatic rings. The van der Waals surface area contributed by atoms with Crippen molar-refractivity contribution in [2.24, 2.45) is 0 Å². The van der Waals surface area contributed by atoms with Gasteiger partial charge >= 0.3 is 0 Å². The molecule has 1 fully saturated rings. The molecule has 3 nitrogen and oxygen atoms in total. The van der Waals surface area contributed by atoms with E-state index in [1.165, 1.54) is 0 Å². The first-order valence-corrected chi connectivity index (χ1v) is 6.27. The smallest absolute Gasteiger partial charge is 0.115 e. The Morgan fingerprint density at radius 1 is 1.32 bits per heavy atom. The first-order chi connectivity index (χ1) is 13.5. The molecule has 19 heavy (non-hydrogen) atoms. The van der Waals surface area contributed by atoms with E-state index < -0.39 is 67.5 Å². The zero-order valence-corrected chi connectivity index (χ0v) is 10.6. The monoisotopic (exact) mass is 274 g/mol. The van der Waals surface area contributed by atoms with Gasteiger partial charge < -0.3 is 15.1 Å². The van der Waals surface area contributed by atoms with Gasteiger partial charge in [0.2, 0.25) is 0 Å². The fourth-order valence-corrected chi connectivity index (χ4v) is 2.51. The Balaban J connectivity index is 2.83. The van der Waals surface area contributed by atoms with Crippen molar-refractivity contribution in [2.75, 3.05) is 20.5 Å². The molecule has 106 valence electrons. The zero-order valence-electron chi connectivity index (χ0n) is 21.6. The summed E-state index contributed by atoms with van der Waals surface area (Å²) in [5, 5.41) is 21.2. The Kier molecular flexibility index (Phi) is 1.79. The number of aliphatic hydroxyl groups is 1. The van der Waals surface area contributed by atoms with Crippen molar-refractivity contribution in [3.8, 4) is 5.75 Å². The Hall–Kier alpha value is -1.06. The van der Waals surface area contributed by atoms with Crippen LogP contribution in [0.2, 0.25) is 0 Å². The van der Waals surface area contributed by atoms with Gasteiger partial charge in [0.05, 0.1) is 11.1 Å². The van der Waals surface area contributed by atoms with Crippen LogP contribution in [-0.2, 0) is 0 Å². The lowest BCUT2D eigenvalue weighted by molar-refractivity contribution is -0.0277. The van der Waals surface area contributed by atoms with E-state index in [0.29, 0.717) is 12.8 Å². The average molecular weight is 274 g/mol. The van der Waals surface area contributed by atoms with E-state index in [1.54, 1.807) is 0 Å². The second-order valence-electron chi connectivity index (χ2n) is 4.88. The summed E-state index contributed by atoms with van der Waals surface area (Å²) in [6.07, 6.45) is 1.63. The van der Waals surface area contributed by atoms with E-state index in [4.69, 9.17) is 15.1 Å². The molecule has 2 N–H and O–H groups in total. The van der Waals surface area contributed by atoms with Gasteiger partial charge in [-0.2, -0.15) is 0 Å². The Bertz CT molecular complexity index is 759. The van der Waals surface area contributed by atoms with Gasteiger partial charge in [-0.1, -0.05) is 31.3 Å². The van der Waals surface area contributed by atoms with E-state index in [1.807, 2.05) is 0 Å². The van der Waals surface area contributed by atoms with Gasteiger partial charge in [0.25, 0.3) is 0 Å². The van der Waals surface area contributed by atoms with Crippen LogP contribution in [-0.4, -0.2) is 41.2 Å². The fraction of sp³-hybridized carbons (Fsp3) is 0.625. The summed E-state index contributed by atoms with van der Waals surface area (Å²) in [6.45, 7) is -7.45. The van der Waals surface area contributed by atoms with Crippen molar-refractivity contribution < 1.29 is 25.3 Å². The molecule has 1 saturated carbocycles.